The normalized spacial score (nSPS) is 35.4. The number of alkyl halides is 3. The number of nitrogens with zero attached hydrogens (tertiary/aromatic N) is 3. The zero-order valence-corrected chi connectivity index (χ0v) is 14.2. The van der Waals surface area contributed by atoms with Crippen LogP contribution in [0.4, 0.5) is 13.2 Å². The van der Waals surface area contributed by atoms with Gasteiger partial charge in [-0.25, -0.2) is 4.98 Å². The maximum Gasteiger partial charge on any atom is 0.392 e. The van der Waals surface area contributed by atoms with Crippen molar-refractivity contribution in [2.45, 2.75) is 51.1 Å². The van der Waals surface area contributed by atoms with E-state index in [1.165, 1.54) is 0 Å². The number of H-pyrrole nitrogens is 1. The minimum atomic E-state index is -4.29. The summed E-state index contributed by atoms with van der Waals surface area (Å²) in [5.74, 6) is -1.77. The van der Waals surface area contributed by atoms with Crippen LogP contribution in [0.2, 0.25) is 0 Å². The molecule has 1 N–H and O–H groups in total. The Kier molecular flexibility index (Phi) is 4.03. The lowest BCUT2D eigenvalue weighted by molar-refractivity contribution is -0.231. The quantitative estimate of drug-likeness (QED) is 0.886. The van der Waals surface area contributed by atoms with Crippen molar-refractivity contribution in [1.82, 2.24) is 20.1 Å². The summed E-state index contributed by atoms with van der Waals surface area (Å²) in [6.45, 7) is 2.73. The second-order valence-electron chi connectivity index (χ2n) is 7.82. The number of hydrogen-bond acceptors (Lipinski definition) is 3. The number of likely N-dealkylation sites (tertiary alicyclic amines) is 1. The van der Waals surface area contributed by atoms with Crippen LogP contribution in [0.25, 0.3) is 0 Å². The molecule has 3 atom stereocenters. The summed E-state index contributed by atoms with van der Waals surface area (Å²) in [6, 6.07) is 0. The van der Waals surface area contributed by atoms with Crippen molar-refractivity contribution in [1.29, 1.82) is 0 Å². The van der Waals surface area contributed by atoms with Crippen molar-refractivity contribution in [2.75, 3.05) is 13.1 Å². The third kappa shape index (κ3) is 2.93. The van der Waals surface area contributed by atoms with Gasteiger partial charge in [0.25, 0.3) is 0 Å². The van der Waals surface area contributed by atoms with Crippen molar-refractivity contribution in [3.8, 4) is 0 Å². The van der Waals surface area contributed by atoms with Gasteiger partial charge in [0, 0.05) is 19.0 Å². The molecule has 1 saturated heterocycles. The molecule has 8 heteroatoms. The minimum Gasteiger partial charge on any atom is -0.342 e. The van der Waals surface area contributed by atoms with Crippen LogP contribution >= 0.6 is 0 Å². The number of halogens is 3. The van der Waals surface area contributed by atoms with E-state index in [4.69, 9.17) is 0 Å². The molecule has 5 rings (SSSR count). The molecular weight excluding hydrogens is 333 g/mol. The average molecular weight is 356 g/mol. The van der Waals surface area contributed by atoms with Gasteiger partial charge in [0.15, 0.2) is 5.82 Å². The van der Waals surface area contributed by atoms with E-state index in [-0.39, 0.29) is 23.7 Å². The maximum atomic E-state index is 13.6. The highest BCUT2D eigenvalue weighted by Crippen LogP contribution is 2.55. The number of aromatic nitrogens is 3. The zero-order chi connectivity index (χ0) is 17.8. The molecule has 5 nitrogen and oxygen atoms in total. The maximum absolute atomic E-state index is 13.6. The standard InChI is InChI=1S/C17H23F3N4O/c1-9-21-15(23-22-9)12-6-7-24(8-12)16(25)13-10-2-4-11(5-3-10)14(13)17(18,19)20/h10-14H,2-8H2,1H3,(H,21,22,23)/t10?,11?,12?,13-,14-/m0/s1. The molecule has 1 amide bonds. The van der Waals surface area contributed by atoms with E-state index in [2.05, 4.69) is 15.2 Å². The van der Waals surface area contributed by atoms with Gasteiger partial charge in [-0.2, -0.15) is 18.3 Å². The molecule has 4 aliphatic rings. The Morgan fingerprint density at radius 2 is 1.84 bits per heavy atom. The Balaban J connectivity index is 1.52. The summed E-state index contributed by atoms with van der Waals surface area (Å²) >= 11 is 0. The van der Waals surface area contributed by atoms with Gasteiger partial charge in [-0.05, 0) is 50.9 Å². The summed E-state index contributed by atoms with van der Waals surface area (Å²) < 4.78 is 40.9. The first-order valence-corrected chi connectivity index (χ1v) is 9.09. The van der Waals surface area contributed by atoms with Gasteiger partial charge >= 0.3 is 6.18 Å². The Labute approximate surface area is 144 Å². The van der Waals surface area contributed by atoms with Crippen molar-refractivity contribution in [3.63, 3.8) is 0 Å². The van der Waals surface area contributed by atoms with Crippen molar-refractivity contribution < 1.29 is 18.0 Å². The lowest BCUT2D eigenvalue weighted by Crippen LogP contribution is -2.53. The number of rotatable bonds is 2. The fourth-order valence-electron chi connectivity index (χ4n) is 5.20. The van der Waals surface area contributed by atoms with Crippen LogP contribution in [0.1, 0.15) is 49.7 Å². The number of nitrogens with one attached hydrogen (secondary N) is 1. The van der Waals surface area contributed by atoms with E-state index >= 15 is 0 Å². The summed E-state index contributed by atoms with van der Waals surface area (Å²) in [4.78, 5) is 18.9. The molecule has 4 fully saturated rings. The first-order valence-electron chi connectivity index (χ1n) is 9.09. The highest BCUT2D eigenvalue weighted by atomic mass is 19.4. The molecule has 3 saturated carbocycles. The Morgan fingerprint density at radius 3 is 2.44 bits per heavy atom. The zero-order valence-electron chi connectivity index (χ0n) is 14.2. The van der Waals surface area contributed by atoms with E-state index in [1.54, 1.807) is 11.8 Å². The highest BCUT2D eigenvalue weighted by Gasteiger charge is 2.58. The van der Waals surface area contributed by atoms with Gasteiger partial charge in [-0.1, -0.05) is 0 Å². The first-order chi connectivity index (χ1) is 11.8. The molecule has 25 heavy (non-hydrogen) atoms. The monoisotopic (exact) mass is 356 g/mol. The topological polar surface area (TPSA) is 61.9 Å². The minimum absolute atomic E-state index is 0.0130. The van der Waals surface area contributed by atoms with Crippen LogP contribution < -0.4 is 0 Å². The largest absolute Gasteiger partial charge is 0.392 e. The molecular formula is C17H23F3N4O. The molecule has 3 aliphatic carbocycles. The molecule has 1 aliphatic heterocycles. The predicted octanol–water partition coefficient (Wildman–Crippen LogP) is 3.04. The molecule has 1 aromatic rings. The number of carbonyl (C=O) groups is 1. The summed E-state index contributed by atoms with van der Waals surface area (Å²) in [7, 11) is 0. The fraction of sp³-hybridized carbons (Fsp3) is 0.824. The van der Waals surface area contributed by atoms with Gasteiger partial charge < -0.3 is 4.90 Å². The van der Waals surface area contributed by atoms with Crippen molar-refractivity contribution >= 4 is 5.91 Å². The van der Waals surface area contributed by atoms with Crippen LogP contribution in [0, 0.1) is 30.6 Å². The van der Waals surface area contributed by atoms with Crippen LogP contribution in [-0.2, 0) is 4.79 Å². The average Bonchev–Trinajstić information content (AvgIpc) is 3.22. The second kappa shape index (κ2) is 5.99. The second-order valence-corrected chi connectivity index (χ2v) is 7.82. The molecule has 1 aromatic heterocycles. The molecule has 0 spiro atoms. The molecule has 0 radical (unpaired) electrons. The lowest BCUT2D eigenvalue weighted by atomic mass is 9.58. The number of amides is 1. The number of carbonyl (C=O) groups excluding carboxylic acids is 1. The van der Waals surface area contributed by atoms with Crippen molar-refractivity contribution in [3.05, 3.63) is 11.6 Å². The summed E-state index contributed by atoms with van der Waals surface area (Å²) in [6.07, 6.45) is -0.851. The van der Waals surface area contributed by atoms with Gasteiger partial charge in [-0.3, -0.25) is 9.89 Å². The first kappa shape index (κ1) is 16.8. The number of hydrogen-bond donors (Lipinski definition) is 1. The lowest BCUT2D eigenvalue weighted by Gasteiger charge is -2.49. The smallest absolute Gasteiger partial charge is 0.342 e. The van der Waals surface area contributed by atoms with E-state index in [1.807, 2.05) is 0 Å². The van der Waals surface area contributed by atoms with Gasteiger partial charge in [0.1, 0.15) is 5.82 Å². The Bertz CT molecular complexity index is 651. The third-order valence-electron chi connectivity index (χ3n) is 6.36. The van der Waals surface area contributed by atoms with E-state index in [9.17, 15) is 18.0 Å². The van der Waals surface area contributed by atoms with Crippen LogP contribution in [0.5, 0.6) is 0 Å². The summed E-state index contributed by atoms with van der Waals surface area (Å²) in [5, 5.41) is 6.93. The number of aromatic amines is 1. The Morgan fingerprint density at radius 1 is 1.16 bits per heavy atom. The van der Waals surface area contributed by atoms with Gasteiger partial charge in [0.05, 0.1) is 11.8 Å². The van der Waals surface area contributed by atoms with E-state index in [0.29, 0.717) is 44.0 Å². The van der Waals surface area contributed by atoms with Crippen LogP contribution in [-0.4, -0.2) is 45.3 Å². The van der Waals surface area contributed by atoms with E-state index < -0.39 is 18.0 Å². The molecule has 2 bridgehead atoms. The van der Waals surface area contributed by atoms with Gasteiger partial charge in [-0.15, -0.1) is 0 Å². The third-order valence-corrected chi connectivity index (χ3v) is 6.36. The summed E-state index contributed by atoms with van der Waals surface area (Å²) in [5.41, 5.74) is 0. The number of aryl methyl sites for hydroxylation is 1. The van der Waals surface area contributed by atoms with E-state index in [0.717, 1.165) is 12.8 Å². The molecule has 138 valence electrons. The van der Waals surface area contributed by atoms with Crippen LogP contribution in [0.3, 0.4) is 0 Å². The SMILES string of the molecule is Cc1nc(C2CCN(C(=O)[C@H]3C4CCC(CC4)[C@@H]3C(F)(F)F)C2)n[nH]1. The molecule has 1 unspecified atom stereocenters. The predicted molar refractivity (Wildman–Crippen MR) is 83.5 cm³/mol. The number of fused-ring (bicyclic) bond motifs is 3. The molecule has 2 heterocycles. The highest BCUT2D eigenvalue weighted by molar-refractivity contribution is 5.80. The fourth-order valence-corrected chi connectivity index (χ4v) is 5.20. The Hall–Kier alpha value is -1.60. The van der Waals surface area contributed by atoms with Crippen molar-refractivity contribution in [2.24, 2.45) is 23.7 Å². The molecule has 0 aromatic carbocycles. The van der Waals surface area contributed by atoms with Crippen LogP contribution in [0.15, 0.2) is 0 Å². The van der Waals surface area contributed by atoms with Gasteiger partial charge in [0.2, 0.25) is 5.91 Å².